The summed E-state index contributed by atoms with van der Waals surface area (Å²) in [6.45, 7) is 4.92. The smallest absolute Gasteiger partial charge is 0.381 e. The first-order valence-electron chi connectivity index (χ1n) is 9.71. The summed E-state index contributed by atoms with van der Waals surface area (Å²) in [5.74, 6) is 0.149. The van der Waals surface area contributed by atoms with Gasteiger partial charge in [-0.05, 0) is 42.9 Å². The van der Waals surface area contributed by atoms with E-state index in [1.807, 2.05) is 4.90 Å². The lowest BCUT2D eigenvalue weighted by Gasteiger charge is -2.40. The van der Waals surface area contributed by atoms with Gasteiger partial charge in [-0.2, -0.15) is 13.2 Å². The van der Waals surface area contributed by atoms with Crippen molar-refractivity contribution < 1.29 is 22.7 Å². The predicted molar refractivity (Wildman–Crippen MR) is 94.3 cm³/mol. The second-order valence-corrected chi connectivity index (χ2v) is 7.77. The number of hydrogen-bond acceptors (Lipinski definition) is 3. The third kappa shape index (κ3) is 4.14. The third-order valence-corrected chi connectivity index (χ3v) is 6.11. The molecule has 1 aromatic rings. The Hall–Kier alpha value is -1.60. The fourth-order valence-electron chi connectivity index (χ4n) is 4.35. The van der Waals surface area contributed by atoms with Gasteiger partial charge in [0.05, 0.1) is 5.56 Å². The highest BCUT2D eigenvalue weighted by molar-refractivity contribution is 5.83. The lowest BCUT2D eigenvalue weighted by atomic mass is 10.0. The predicted octanol–water partition coefficient (Wildman–Crippen LogP) is 3.13. The van der Waals surface area contributed by atoms with Crippen molar-refractivity contribution in [2.24, 2.45) is 5.92 Å². The minimum absolute atomic E-state index is 0.0632. The number of ether oxygens (including phenoxy) is 1. The molecule has 4 rings (SSSR count). The zero-order valence-electron chi connectivity index (χ0n) is 15.3. The summed E-state index contributed by atoms with van der Waals surface area (Å²) in [6.07, 6.45) is -1.45. The highest BCUT2D eigenvalue weighted by atomic mass is 19.4. The molecule has 1 amide bonds. The summed E-state index contributed by atoms with van der Waals surface area (Å²) < 4.78 is 43.5. The Kier molecular flexibility index (Phi) is 5.16. The molecule has 4 nitrogen and oxygen atoms in total. The number of amides is 1. The second-order valence-electron chi connectivity index (χ2n) is 7.77. The largest absolute Gasteiger partial charge is 0.416 e. The molecule has 148 valence electrons. The van der Waals surface area contributed by atoms with Crippen LogP contribution in [0, 0.1) is 5.92 Å². The van der Waals surface area contributed by atoms with Crippen LogP contribution in [-0.2, 0) is 15.7 Å². The van der Waals surface area contributed by atoms with Gasteiger partial charge in [0, 0.05) is 51.4 Å². The first-order chi connectivity index (χ1) is 12.9. The Morgan fingerprint density at radius 2 is 1.63 bits per heavy atom. The Morgan fingerprint density at radius 1 is 1.00 bits per heavy atom. The monoisotopic (exact) mass is 382 g/mol. The Bertz CT molecular complexity index is 663. The summed E-state index contributed by atoms with van der Waals surface area (Å²) in [5, 5.41) is 0. The maximum absolute atomic E-state index is 12.8. The van der Waals surface area contributed by atoms with Gasteiger partial charge in [0.1, 0.15) is 0 Å². The van der Waals surface area contributed by atoms with Gasteiger partial charge < -0.3 is 9.64 Å². The number of nitrogens with zero attached hydrogens (tertiary/aromatic N) is 2. The van der Waals surface area contributed by atoms with Gasteiger partial charge >= 0.3 is 6.18 Å². The van der Waals surface area contributed by atoms with E-state index in [0.29, 0.717) is 6.04 Å². The van der Waals surface area contributed by atoms with Crippen molar-refractivity contribution in [2.45, 2.75) is 37.4 Å². The van der Waals surface area contributed by atoms with Crippen LogP contribution in [0.2, 0.25) is 0 Å². The molecule has 0 unspecified atom stereocenters. The van der Waals surface area contributed by atoms with Gasteiger partial charge in [0.25, 0.3) is 0 Å². The molecule has 2 saturated heterocycles. The SMILES string of the molecule is O=C([C@H]1C[C@H]1c1ccc(C(F)(F)F)cc1)N1CCN(C2CCOCC2)CC1. The van der Waals surface area contributed by atoms with Crippen LogP contribution in [0.25, 0.3) is 0 Å². The fourth-order valence-corrected chi connectivity index (χ4v) is 4.35. The standard InChI is InChI=1S/C20H25F3N2O2/c21-20(22,23)15-3-1-14(2-4-15)17-13-18(17)19(26)25-9-7-24(8-10-25)16-5-11-27-12-6-16/h1-4,16-18H,5-13H2/t17-,18-/m0/s1. The molecule has 2 aliphatic heterocycles. The third-order valence-electron chi connectivity index (χ3n) is 6.11. The average Bonchev–Trinajstić information content (AvgIpc) is 3.49. The quantitative estimate of drug-likeness (QED) is 0.805. The van der Waals surface area contributed by atoms with Crippen LogP contribution in [0.4, 0.5) is 13.2 Å². The molecule has 3 aliphatic rings. The molecule has 27 heavy (non-hydrogen) atoms. The maximum Gasteiger partial charge on any atom is 0.416 e. The maximum atomic E-state index is 12.8. The van der Waals surface area contributed by atoms with Crippen LogP contribution >= 0.6 is 0 Å². The number of piperazine rings is 1. The highest BCUT2D eigenvalue weighted by Gasteiger charge is 2.46. The normalized spacial score (nSPS) is 27.6. The van der Waals surface area contributed by atoms with E-state index >= 15 is 0 Å². The van der Waals surface area contributed by atoms with Crippen LogP contribution in [-0.4, -0.2) is 61.1 Å². The number of halogens is 3. The molecule has 0 N–H and O–H groups in total. The second kappa shape index (κ2) is 7.43. The molecule has 3 fully saturated rings. The molecular formula is C20H25F3N2O2. The minimum Gasteiger partial charge on any atom is -0.381 e. The molecule has 0 aromatic heterocycles. The van der Waals surface area contributed by atoms with E-state index < -0.39 is 11.7 Å². The van der Waals surface area contributed by atoms with Gasteiger partial charge in [-0.3, -0.25) is 9.69 Å². The molecular weight excluding hydrogens is 357 g/mol. The van der Waals surface area contributed by atoms with Crippen LogP contribution in [0.15, 0.2) is 24.3 Å². The minimum atomic E-state index is -4.32. The zero-order chi connectivity index (χ0) is 19.0. The molecule has 1 aromatic carbocycles. The van der Waals surface area contributed by atoms with Crippen molar-refractivity contribution in [3.05, 3.63) is 35.4 Å². The number of alkyl halides is 3. The van der Waals surface area contributed by atoms with Crippen molar-refractivity contribution in [2.75, 3.05) is 39.4 Å². The van der Waals surface area contributed by atoms with E-state index in [9.17, 15) is 18.0 Å². The zero-order valence-corrected chi connectivity index (χ0v) is 15.3. The van der Waals surface area contributed by atoms with Crippen LogP contribution < -0.4 is 0 Å². The van der Waals surface area contributed by atoms with Crippen molar-refractivity contribution in [3.63, 3.8) is 0 Å². The van der Waals surface area contributed by atoms with Crippen molar-refractivity contribution in [1.82, 2.24) is 9.80 Å². The van der Waals surface area contributed by atoms with Crippen molar-refractivity contribution in [3.8, 4) is 0 Å². The van der Waals surface area contributed by atoms with E-state index in [1.54, 1.807) is 0 Å². The molecule has 7 heteroatoms. The first kappa shape index (κ1) is 18.7. The number of carbonyl (C=O) groups excluding carboxylic acids is 1. The van der Waals surface area contributed by atoms with Crippen molar-refractivity contribution >= 4 is 5.91 Å². The number of hydrogen-bond donors (Lipinski definition) is 0. The Morgan fingerprint density at radius 3 is 2.22 bits per heavy atom. The lowest BCUT2D eigenvalue weighted by Crippen LogP contribution is -2.53. The van der Waals surface area contributed by atoms with E-state index in [2.05, 4.69) is 4.90 Å². The van der Waals surface area contributed by atoms with Gasteiger partial charge in [0.15, 0.2) is 0 Å². The highest BCUT2D eigenvalue weighted by Crippen LogP contribution is 2.49. The number of rotatable bonds is 3. The molecule has 0 spiro atoms. The topological polar surface area (TPSA) is 32.8 Å². The molecule has 2 heterocycles. The summed E-state index contributed by atoms with van der Waals surface area (Å²) in [4.78, 5) is 17.2. The van der Waals surface area contributed by atoms with E-state index in [0.717, 1.165) is 76.4 Å². The first-order valence-corrected chi connectivity index (χ1v) is 9.71. The van der Waals surface area contributed by atoms with Crippen LogP contribution in [0.3, 0.4) is 0 Å². The van der Waals surface area contributed by atoms with Crippen molar-refractivity contribution in [1.29, 1.82) is 0 Å². The van der Waals surface area contributed by atoms with E-state index in [4.69, 9.17) is 4.74 Å². The Labute approximate surface area is 157 Å². The van der Waals surface area contributed by atoms with E-state index in [1.165, 1.54) is 12.1 Å². The fraction of sp³-hybridized carbons (Fsp3) is 0.650. The van der Waals surface area contributed by atoms with Gasteiger partial charge in [-0.1, -0.05) is 12.1 Å². The molecule has 2 atom stereocenters. The van der Waals surface area contributed by atoms with Crippen LogP contribution in [0.5, 0.6) is 0 Å². The Balaban J connectivity index is 1.29. The summed E-state index contributed by atoms with van der Waals surface area (Å²) in [7, 11) is 0. The number of benzene rings is 1. The van der Waals surface area contributed by atoms with Gasteiger partial charge in [-0.15, -0.1) is 0 Å². The van der Waals surface area contributed by atoms with Gasteiger partial charge in [-0.25, -0.2) is 0 Å². The van der Waals surface area contributed by atoms with Gasteiger partial charge in [0.2, 0.25) is 5.91 Å². The number of carbonyl (C=O) groups is 1. The van der Waals surface area contributed by atoms with Crippen LogP contribution in [0.1, 0.15) is 36.3 Å². The lowest BCUT2D eigenvalue weighted by molar-refractivity contribution is -0.137. The summed E-state index contributed by atoms with van der Waals surface area (Å²) in [5.41, 5.74) is 0.196. The molecule has 0 radical (unpaired) electrons. The molecule has 0 bridgehead atoms. The molecule has 1 saturated carbocycles. The summed E-state index contributed by atoms with van der Waals surface area (Å²) in [6, 6.07) is 5.83. The summed E-state index contributed by atoms with van der Waals surface area (Å²) >= 11 is 0. The molecule has 1 aliphatic carbocycles. The van der Waals surface area contributed by atoms with E-state index in [-0.39, 0.29) is 17.7 Å². The average molecular weight is 382 g/mol.